The summed E-state index contributed by atoms with van der Waals surface area (Å²) in [7, 11) is 0. The summed E-state index contributed by atoms with van der Waals surface area (Å²) in [6.07, 6.45) is 13.0. The van der Waals surface area contributed by atoms with E-state index in [1.807, 2.05) is 0 Å². The quantitative estimate of drug-likeness (QED) is 0.477. The monoisotopic (exact) mass is 182 g/mol. The zero-order valence-corrected chi connectivity index (χ0v) is 8.85. The minimum Gasteiger partial charge on any atom is -0.366 e. The number of ether oxygens (including phenoxy) is 1. The maximum Gasteiger partial charge on any atom is 0.0948 e. The minimum absolute atomic E-state index is 0.395. The normalized spacial score (nSPS) is 30.7. The Hall–Kier alpha value is -0.0400. The molecule has 76 valence electrons. The van der Waals surface area contributed by atoms with Crippen LogP contribution in [0.2, 0.25) is 0 Å². The van der Waals surface area contributed by atoms with Gasteiger partial charge in [0, 0.05) is 0 Å². The smallest absolute Gasteiger partial charge is 0.0948 e. The highest BCUT2D eigenvalue weighted by Crippen LogP contribution is 2.50. The molecule has 1 nitrogen and oxygen atoms in total. The summed E-state index contributed by atoms with van der Waals surface area (Å²) in [5.41, 5.74) is 0.395. The van der Waals surface area contributed by atoms with Gasteiger partial charge in [0.15, 0.2) is 0 Å². The second-order valence-corrected chi connectivity index (χ2v) is 4.73. The molecule has 13 heavy (non-hydrogen) atoms. The van der Waals surface area contributed by atoms with Gasteiger partial charge in [-0.1, -0.05) is 45.4 Å². The lowest BCUT2D eigenvalue weighted by atomic mass is 9.85. The van der Waals surface area contributed by atoms with E-state index in [0.29, 0.717) is 11.7 Å². The first kappa shape index (κ1) is 9.51. The maximum atomic E-state index is 5.89. The predicted molar refractivity (Wildman–Crippen MR) is 54.8 cm³/mol. The van der Waals surface area contributed by atoms with E-state index in [1.165, 1.54) is 57.8 Å². The van der Waals surface area contributed by atoms with Crippen molar-refractivity contribution in [2.24, 2.45) is 0 Å². The van der Waals surface area contributed by atoms with E-state index in [9.17, 15) is 0 Å². The molecule has 1 aliphatic carbocycles. The zero-order valence-electron chi connectivity index (χ0n) is 8.85. The molecule has 0 aromatic heterocycles. The SMILES string of the molecule is CCCCCC1OC12CCCCC2. The lowest BCUT2D eigenvalue weighted by Crippen LogP contribution is -2.18. The number of hydrogen-bond acceptors (Lipinski definition) is 1. The van der Waals surface area contributed by atoms with Crippen LogP contribution in [0.25, 0.3) is 0 Å². The molecule has 2 fully saturated rings. The molecule has 1 saturated carbocycles. The van der Waals surface area contributed by atoms with Gasteiger partial charge in [0.05, 0.1) is 11.7 Å². The molecule has 0 N–H and O–H groups in total. The highest BCUT2D eigenvalue weighted by molar-refractivity contribution is 5.03. The summed E-state index contributed by atoms with van der Waals surface area (Å²) < 4.78 is 5.89. The summed E-state index contributed by atoms with van der Waals surface area (Å²) in [4.78, 5) is 0. The van der Waals surface area contributed by atoms with E-state index in [2.05, 4.69) is 6.92 Å². The minimum atomic E-state index is 0.395. The van der Waals surface area contributed by atoms with Crippen molar-refractivity contribution in [2.45, 2.75) is 76.4 Å². The van der Waals surface area contributed by atoms with Crippen LogP contribution in [0.5, 0.6) is 0 Å². The fourth-order valence-electron chi connectivity index (χ4n) is 2.74. The van der Waals surface area contributed by atoms with Crippen LogP contribution >= 0.6 is 0 Å². The Bertz CT molecular complexity index is 159. The largest absolute Gasteiger partial charge is 0.366 e. The van der Waals surface area contributed by atoms with Crippen molar-refractivity contribution in [3.05, 3.63) is 0 Å². The third kappa shape index (κ3) is 2.07. The molecule has 1 atom stereocenters. The molecular weight excluding hydrogens is 160 g/mol. The standard InChI is InChI=1S/C12H22O/c1-2-3-5-8-11-12(13-11)9-6-4-7-10-12/h11H,2-10H2,1H3. The van der Waals surface area contributed by atoms with Crippen LogP contribution in [-0.2, 0) is 4.74 Å². The summed E-state index contributed by atoms with van der Waals surface area (Å²) in [5, 5.41) is 0. The fourth-order valence-corrected chi connectivity index (χ4v) is 2.74. The zero-order chi connectivity index (χ0) is 9.15. The summed E-state index contributed by atoms with van der Waals surface area (Å²) in [6.45, 7) is 2.27. The Balaban J connectivity index is 1.67. The van der Waals surface area contributed by atoms with Gasteiger partial charge < -0.3 is 4.74 Å². The first-order valence-corrected chi connectivity index (χ1v) is 6.05. The lowest BCUT2D eigenvalue weighted by molar-refractivity contribution is 0.232. The highest BCUT2D eigenvalue weighted by atomic mass is 16.6. The maximum absolute atomic E-state index is 5.89. The van der Waals surface area contributed by atoms with Gasteiger partial charge in [0.2, 0.25) is 0 Å². The summed E-state index contributed by atoms with van der Waals surface area (Å²) >= 11 is 0. The van der Waals surface area contributed by atoms with Gasteiger partial charge in [0.1, 0.15) is 0 Å². The van der Waals surface area contributed by atoms with Crippen LogP contribution in [0.15, 0.2) is 0 Å². The van der Waals surface area contributed by atoms with Crippen molar-refractivity contribution in [1.29, 1.82) is 0 Å². The molecule has 1 aliphatic heterocycles. The van der Waals surface area contributed by atoms with Gasteiger partial charge >= 0.3 is 0 Å². The molecule has 1 heteroatoms. The molecule has 0 aromatic rings. The molecule has 1 spiro atoms. The van der Waals surface area contributed by atoms with E-state index in [0.717, 1.165) is 0 Å². The Labute approximate surface area is 81.9 Å². The van der Waals surface area contributed by atoms with E-state index < -0.39 is 0 Å². The molecule has 1 saturated heterocycles. The molecule has 0 radical (unpaired) electrons. The van der Waals surface area contributed by atoms with Crippen molar-refractivity contribution in [3.8, 4) is 0 Å². The second kappa shape index (κ2) is 4.00. The molecule has 1 unspecified atom stereocenters. The Kier molecular flexibility index (Phi) is 2.92. The Morgan fingerprint density at radius 1 is 1.15 bits per heavy atom. The van der Waals surface area contributed by atoms with E-state index in [-0.39, 0.29) is 0 Å². The van der Waals surface area contributed by atoms with Crippen molar-refractivity contribution < 1.29 is 4.74 Å². The fraction of sp³-hybridized carbons (Fsp3) is 1.00. The molecule has 0 aromatic carbocycles. The van der Waals surface area contributed by atoms with Crippen LogP contribution in [0, 0.1) is 0 Å². The number of epoxide rings is 1. The highest BCUT2D eigenvalue weighted by Gasteiger charge is 2.55. The third-order valence-electron chi connectivity index (χ3n) is 3.68. The third-order valence-corrected chi connectivity index (χ3v) is 3.68. The first-order chi connectivity index (χ1) is 6.37. The molecule has 0 bridgehead atoms. The number of rotatable bonds is 4. The Morgan fingerprint density at radius 3 is 2.62 bits per heavy atom. The van der Waals surface area contributed by atoms with Crippen LogP contribution in [0.3, 0.4) is 0 Å². The van der Waals surface area contributed by atoms with E-state index in [1.54, 1.807) is 0 Å². The van der Waals surface area contributed by atoms with Gasteiger partial charge in [0.25, 0.3) is 0 Å². The van der Waals surface area contributed by atoms with E-state index in [4.69, 9.17) is 4.74 Å². The molecule has 2 rings (SSSR count). The average Bonchev–Trinajstić information content (AvgIpc) is 2.80. The van der Waals surface area contributed by atoms with E-state index >= 15 is 0 Å². The Morgan fingerprint density at radius 2 is 1.92 bits per heavy atom. The molecular formula is C12H22O. The van der Waals surface area contributed by atoms with Crippen molar-refractivity contribution in [3.63, 3.8) is 0 Å². The van der Waals surface area contributed by atoms with Crippen molar-refractivity contribution in [1.82, 2.24) is 0 Å². The second-order valence-electron chi connectivity index (χ2n) is 4.73. The topological polar surface area (TPSA) is 12.5 Å². The van der Waals surface area contributed by atoms with Crippen LogP contribution in [0.4, 0.5) is 0 Å². The summed E-state index contributed by atoms with van der Waals surface area (Å²) in [5.74, 6) is 0. The lowest BCUT2D eigenvalue weighted by Gasteiger charge is -2.18. The van der Waals surface area contributed by atoms with Crippen LogP contribution in [-0.4, -0.2) is 11.7 Å². The van der Waals surface area contributed by atoms with Crippen LogP contribution in [0.1, 0.15) is 64.7 Å². The molecule has 2 aliphatic rings. The van der Waals surface area contributed by atoms with Crippen molar-refractivity contribution >= 4 is 0 Å². The predicted octanol–water partition coefficient (Wildman–Crippen LogP) is 3.67. The van der Waals surface area contributed by atoms with Gasteiger partial charge in [-0.2, -0.15) is 0 Å². The van der Waals surface area contributed by atoms with Gasteiger partial charge in [-0.05, 0) is 19.3 Å². The number of hydrogen-bond donors (Lipinski definition) is 0. The average molecular weight is 182 g/mol. The number of unbranched alkanes of at least 4 members (excludes halogenated alkanes) is 2. The van der Waals surface area contributed by atoms with Crippen molar-refractivity contribution in [2.75, 3.05) is 0 Å². The van der Waals surface area contributed by atoms with Gasteiger partial charge in [-0.25, -0.2) is 0 Å². The first-order valence-electron chi connectivity index (χ1n) is 6.05. The van der Waals surface area contributed by atoms with Crippen LogP contribution < -0.4 is 0 Å². The molecule has 0 amide bonds. The summed E-state index contributed by atoms with van der Waals surface area (Å²) in [6, 6.07) is 0. The van der Waals surface area contributed by atoms with Gasteiger partial charge in [-0.3, -0.25) is 0 Å². The van der Waals surface area contributed by atoms with Gasteiger partial charge in [-0.15, -0.1) is 0 Å². The molecule has 1 heterocycles.